The molecule has 1 aliphatic heterocycles. The van der Waals surface area contributed by atoms with Crippen LogP contribution >= 0.6 is 0 Å². The first-order valence-electron chi connectivity index (χ1n) is 10.5. The van der Waals surface area contributed by atoms with E-state index in [1.54, 1.807) is 6.07 Å². The summed E-state index contributed by atoms with van der Waals surface area (Å²) in [6.45, 7) is 8.33. The third-order valence-corrected chi connectivity index (χ3v) is 5.73. The van der Waals surface area contributed by atoms with Crippen molar-refractivity contribution in [2.75, 3.05) is 26.4 Å². The van der Waals surface area contributed by atoms with Crippen LogP contribution in [0, 0.1) is 0 Å². The number of aliphatic hydroxyl groups is 1. The Balaban J connectivity index is 1.62. The van der Waals surface area contributed by atoms with Crippen LogP contribution in [0.25, 0.3) is 10.9 Å². The van der Waals surface area contributed by atoms with Gasteiger partial charge in [-0.3, -0.25) is 9.69 Å². The van der Waals surface area contributed by atoms with Gasteiger partial charge in [-0.05, 0) is 42.8 Å². The van der Waals surface area contributed by atoms with Gasteiger partial charge < -0.3 is 19.6 Å². The molecule has 3 aromatic rings. The summed E-state index contributed by atoms with van der Waals surface area (Å²) in [5, 5.41) is 22.6. The SMILES string of the molecule is CCC(C)(C)n1nnnc1CN(CCO)Cc1cc2cc3c(cc2[nH]c1=O)OCCO3. The quantitative estimate of drug-likeness (QED) is 0.553. The number of aromatic nitrogens is 5. The second kappa shape index (κ2) is 8.64. The Hall–Kier alpha value is -2.98. The standard InChI is InChI=1S/C21H28N6O4/c1-4-21(2,3)27-19(23-24-25-27)13-26(5-6-28)12-15-9-14-10-17-18(31-8-7-30-17)11-16(14)22-20(15)29/h9-11,28H,4-8,12-13H2,1-3H3,(H,22,29). The summed E-state index contributed by atoms with van der Waals surface area (Å²) < 4.78 is 13.1. The highest BCUT2D eigenvalue weighted by atomic mass is 16.6. The molecule has 0 radical (unpaired) electrons. The maximum Gasteiger partial charge on any atom is 0.252 e. The van der Waals surface area contributed by atoms with Crippen molar-refractivity contribution in [3.05, 3.63) is 39.9 Å². The van der Waals surface area contributed by atoms with Crippen molar-refractivity contribution in [2.45, 2.75) is 45.8 Å². The van der Waals surface area contributed by atoms with Gasteiger partial charge in [0, 0.05) is 30.1 Å². The Kier molecular flexibility index (Phi) is 5.92. The van der Waals surface area contributed by atoms with E-state index in [4.69, 9.17) is 9.47 Å². The Labute approximate surface area is 179 Å². The van der Waals surface area contributed by atoms with Gasteiger partial charge in [-0.25, -0.2) is 4.68 Å². The lowest BCUT2D eigenvalue weighted by molar-refractivity contribution is 0.172. The number of H-pyrrole nitrogens is 1. The van der Waals surface area contributed by atoms with E-state index >= 15 is 0 Å². The fourth-order valence-electron chi connectivity index (χ4n) is 3.63. The lowest BCUT2D eigenvalue weighted by Crippen LogP contribution is -2.34. The number of ether oxygens (including phenoxy) is 2. The second-order valence-corrected chi connectivity index (χ2v) is 8.31. The summed E-state index contributed by atoms with van der Waals surface area (Å²) in [6.07, 6.45) is 0.867. The summed E-state index contributed by atoms with van der Waals surface area (Å²) >= 11 is 0. The number of pyridine rings is 1. The van der Waals surface area contributed by atoms with Crippen LogP contribution in [0.2, 0.25) is 0 Å². The summed E-state index contributed by atoms with van der Waals surface area (Å²) in [4.78, 5) is 17.6. The molecular formula is C21H28N6O4. The zero-order valence-corrected chi connectivity index (χ0v) is 18.1. The van der Waals surface area contributed by atoms with Crippen LogP contribution in [-0.2, 0) is 18.6 Å². The lowest BCUT2D eigenvalue weighted by atomic mass is 10.0. The molecule has 0 fully saturated rings. The highest BCUT2D eigenvalue weighted by Crippen LogP contribution is 2.33. The number of aromatic amines is 1. The molecule has 4 rings (SSSR count). The van der Waals surface area contributed by atoms with Crippen molar-refractivity contribution in [2.24, 2.45) is 0 Å². The summed E-state index contributed by atoms with van der Waals surface area (Å²) in [6, 6.07) is 5.53. The molecule has 0 atom stereocenters. The van der Waals surface area contributed by atoms with Crippen molar-refractivity contribution >= 4 is 10.9 Å². The van der Waals surface area contributed by atoms with Gasteiger partial charge >= 0.3 is 0 Å². The molecule has 0 spiro atoms. The van der Waals surface area contributed by atoms with E-state index in [1.165, 1.54) is 0 Å². The summed E-state index contributed by atoms with van der Waals surface area (Å²) in [7, 11) is 0. The number of hydrogen-bond acceptors (Lipinski definition) is 8. The normalized spacial score (nSPS) is 13.8. The zero-order chi connectivity index (χ0) is 22.0. The molecule has 0 amide bonds. The molecular weight excluding hydrogens is 400 g/mol. The van der Waals surface area contributed by atoms with Crippen molar-refractivity contribution < 1.29 is 14.6 Å². The van der Waals surface area contributed by atoms with Gasteiger partial charge in [0.25, 0.3) is 5.56 Å². The molecule has 0 unspecified atom stereocenters. The van der Waals surface area contributed by atoms with Crippen LogP contribution < -0.4 is 15.0 Å². The van der Waals surface area contributed by atoms with Gasteiger partial charge in [0.2, 0.25) is 0 Å². The summed E-state index contributed by atoms with van der Waals surface area (Å²) in [5.41, 5.74) is 0.873. The van der Waals surface area contributed by atoms with Crippen molar-refractivity contribution in [1.29, 1.82) is 0 Å². The average molecular weight is 428 g/mol. The Morgan fingerprint density at radius 1 is 1.19 bits per heavy atom. The van der Waals surface area contributed by atoms with Gasteiger partial charge in [0.15, 0.2) is 17.3 Å². The van der Waals surface area contributed by atoms with E-state index in [1.807, 2.05) is 21.7 Å². The van der Waals surface area contributed by atoms with Crippen LogP contribution in [0.1, 0.15) is 38.6 Å². The molecule has 0 saturated heterocycles. The first-order valence-corrected chi connectivity index (χ1v) is 10.5. The van der Waals surface area contributed by atoms with Crippen molar-refractivity contribution in [3.8, 4) is 11.5 Å². The lowest BCUT2D eigenvalue weighted by Gasteiger charge is -2.26. The highest BCUT2D eigenvalue weighted by Gasteiger charge is 2.24. The number of benzene rings is 1. The van der Waals surface area contributed by atoms with E-state index < -0.39 is 0 Å². The minimum atomic E-state index is -0.231. The Morgan fingerprint density at radius 3 is 2.65 bits per heavy atom. The number of tetrazole rings is 1. The number of hydrogen-bond donors (Lipinski definition) is 2. The minimum absolute atomic E-state index is 0.0388. The van der Waals surface area contributed by atoms with Gasteiger partial charge in [0.1, 0.15) is 13.2 Å². The third kappa shape index (κ3) is 4.40. The maximum atomic E-state index is 12.8. The largest absolute Gasteiger partial charge is 0.486 e. The van der Waals surface area contributed by atoms with Crippen LogP contribution in [-0.4, -0.2) is 61.6 Å². The maximum absolute atomic E-state index is 12.8. The van der Waals surface area contributed by atoms with Crippen molar-refractivity contribution in [1.82, 2.24) is 30.1 Å². The highest BCUT2D eigenvalue weighted by molar-refractivity contribution is 5.83. The minimum Gasteiger partial charge on any atom is -0.486 e. The molecule has 3 heterocycles. The number of nitrogens with zero attached hydrogens (tertiary/aromatic N) is 5. The molecule has 2 aromatic heterocycles. The van der Waals surface area contributed by atoms with Gasteiger partial charge in [-0.1, -0.05) is 6.92 Å². The number of nitrogens with one attached hydrogen (secondary N) is 1. The first-order chi connectivity index (χ1) is 14.9. The molecule has 1 aromatic carbocycles. The topological polar surface area (TPSA) is 118 Å². The van der Waals surface area contributed by atoms with E-state index in [9.17, 15) is 9.90 Å². The number of rotatable bonds is 8. The van der Waals surface area contributed by atoms with Crippen LogP contribution in [0.5, 0.6) is 11.5 Å². The van der Waals surface area contributed by atoms with Crippen LogP contribution in [0.4, 0.5) is 0 Å². The van der Waals surface area contributed by atoms with Gasteiger partial charge in [-0.2, -0.15) is 0 Å². The molecule has 1 aliphatic rings. The van der Waals surface area contributed by atoms with E-state index in [0.717, 1.165) is 11.8 Å². The molecule has 10 nitrogen and oxygen atoms in total. The zero-order valence-electron chi connectivity index (χ0n) is 18.1. The van der Waals surface area contributed by atoms with Gasteiger partial charge in [-0.15, -0.1) is 5.10 Å². The monoisotopic (exact) mass is 428 g/mol. The van der Waals surface area contributed by atoms with Gasteiger partial charge in [0.05, 0.1) is 24.2 Å². The molecule has 0 aliphatic carbocycles. The molecule has 166 valence electrons. The molecule has 2 N–H and O–H groups in total. The number of aliphatic hydroxyl groups excluding tert-OH is 1. The summed E-state index contributed by atoms with van der Waals surface area (Å²) in [5.74, 6) is 2.00. The Morgan fingerprint density at radius 2 is 1.94 bits per heavy atom. The van der Waals surface area contributed by atoms with E-state index in [2.05, 4.69) is 41.3 Å². The Bertz CT molecular complexity index is 1120. The second-order valence-electron chi connectivity index (χ2n) is 8.31. The first kappa shape index (κ1) is 21.3. The fraction of sp³-hybridized carbons (Fsp3) is 0.524. The number of fused-ring (bicyclic) bond motifs is 2. The van der Waals surface area contributed by atoms with Crippen molar-refractivity contribution in [3.63, 3.8) is 0 Å². The third-order valence-electron chi connectivity index (χ3n) is 5.73. The molecule has 31 heavy (non-hydrogen) atoms. The van der Waals surface area contributed by atoms with E-state index in [-0.39, 0.29) is 17.7 Å². The fourth-order valence-corrected chi connectivity index (χ4v) is 3.63. The molecule has 0 saturated carbocycles. The smallest absolute Gasteiger partial charge is 0.252 e. The molecule has 0 bridgehead atoms. The van der Waals surface area contributed by atoms with E-state index in [0.29, 0.717) is 61.3 Å². The molecule has 10 heteroatoms. The van der Waals surface area contributed by atoms with Crippen LogP contribution in [0.3, 0.4) is 0 Å². The predicted octanol–water partition coefficient (Wildman–Crippen LogP) is 1.43. The van der Waals surface area contributed by atoms with Crippen LogP contribution in [0.15, 0.2) is 23.0 Å². The average Bonchev–Trinajstić information content (AvgIpc) is 3.22. The predicted molar refractivity (Wildman–Crippen MR) is 114 cm³/mol.